The van der Waals surface area contributed by atoms with Gasteiger partial charge in [-0.1, -0.05) is 0 Å². The van der Waals surface area contributed by atoms with Gasteiger partial charge in [-0.15, -0.1) is 0 Å². The predicted molar refractivity (Wildman–Crippen MR) is 70.7 cm³/mol. The van der Waals surface area contributed by atoms with E-state index in [2.05, 4.69) is 20.7 Å². The highest BCUT2D eigenvalue weighted by atomic mass is 79.9. The average Bonchev–Trinajstić information content (AvgIpc) is 2.23. The van der Waals surface area contributed by atoms with Gasteiger partial charge in [0, 0.05) is 23.0 Å². The summed E-state index contributed by atoms with van der Waals surface area (Å²) in [5.41, 5.74) is 0. The zero-order valence-corrected chi connectivity index (χ0v) is 12.8. The van der Waals surface area contributed by atoms with Gasteiger partial charge in [0.25, 0.3) is 0 Å². The lowest BCUT2D eigenvalue weighted by Gasteiger charge is -2.14. The van der Waals surface area contributed by atoms with Crippen molar-refractivity contribution in [2.75, 3.05) is 0 Å². The van der Waals surface area contributed by atoms with Crippen molar-refractivity contribution in [2.24, 2.45) is 0 Å². The number of carboxylic acid groups (broad SMARTS) is 1. The molecule has 0 aromatic heterocycles. The number of halogens is 3. The fourth-order valence-electron chi connectivity index (χ4n) is 1.51. The molecule has 9 heteroatoms. The second-order valence-electron chi connectivity index (χ2n) is 4.15. The van der Waals surface area contributed by atoms with Crippen LogP contribution in [0.15, 0.2) is 21.5 Å². The third-order valence-corrected chi connectivity index (χ3v) is 4.93. The van der Waals surface area contributed by atoms with Crippen molar-refractivity contribution in [3.8, 4) is 0 Å². The van der Waals surface area contributed by atoms with Crippen LogP contribution in [0.25, 0.3) is 0 Å². The van der Waals surface area contributed by atoms with Crippen LogP contribution in [-0.2, 0) is 14.8 Å². The first-order valence-corrected chi connectivity index (χ1v) is 7.79. The normalized spacial score (nSPS) is 13.2. The lowest BCUT2D eigenvalue weighted by Crippen LogP contribution is -2.33. The number of sulfonamides is 1. The van der Waals surface area contributed by atoms with Gasteiger partial charge in [-0.25, -0.2) is 21.9 Å². The van der Waals surface area contributed by atoms with Gasteiger partial charge in [0.2, 0.25) is 10.0 Å². The summed E-state index contributed by atoms with van der Waals surface area (Å²) in [4.78, 5) is 9.69. The van der Waals surface area contributed by atoms with Crippen LogP contribution in [0.4, 0.5) is 8.78 Å². The summed E-state index contributed by atoms with van der Waals surface area (Å²) in [5.74, 6) is -3.20. The molecule has 20 heavy (non-hydrogen) atoms. The number of carboxylic acids is 1. The Bertz CT molecular complexity index is 598. The molecule has 0 fully saturated rings. The summed E-state index contributed by atoms with van der Waals surface area (Å²) in [6.07, 6.45) is -0.175. The van der Waals surface area contributed by atoms with Crippen LogP contribution in [0.3, 0.4) is 0 Å². The summed E-state index contributed by atoms with van der Waals surface area (Å²) < 4.78 is 52.4. The molecule has 2 N–H and O–H groups in total. The van der Waals surface area contributed by atoms with Gasteiger partial charge in [0.05, 0.1) is 0 Å². The topological polar surface area (TPSA) is 83.5 Å². The molecule has 1 atom stereocenters. The molecular formula is C11H12BrF2NO4S. The number of hydrogen-bond acceptors (Lipinski definition) is 3. The smallest absolute Gasteiger partial charge is 0.303 e. The Kier molecular flexibility index (Phi) is 5.60. The van der Waals surface area contributed by atoms with Crippen LogP contribution in [0.1, 0.15) is 19.8 Å². The number of rotatable bonds is 6. The first kappa shape index (κ1) is 17.0. The van der Waals surface area contributed by atoms with E-state index in [-0.39, 0.29) is 17.3 Å². The van der Waals surface area contributed by atoms with Crippen molar-refractivity contribution in [1.29, 1.82) is 0 Å². The first-order chi connectivity index (χ1) is 9.13. The van der Waals surface area contributed by atoms with Crippen LogP contribution in [0.5, 0.6) is 0 Å². The van der Waals surface area contributed by atoms with Gasteiger partial charge in [0.15, 0.2) is 0 Å². The average molecular weight is 372 g/mol. The van der Waals surface area contributed by atoms with Crippen LogP contribution in [0.2, 0.25) is 0 Å². The maximum atomic E-state index is 13.6. The molecular weight excluding hydrogens is 360 g/mol. The minimum Gasteiger partial charge on any atom is -0.481 e. The molecule has 0 aliphatic heterocycles. The summed E-state index contributed by atoms with van der Waals surface area (Å²) in [6, 6.07) is 0.591. The van der Waals surface area contributed by atoms with Crippen LogP contribution in [-0.4, -0.2) is 25.5 Å². The molecule has 0 bridgehead atoms. The van der Waals surface area contributed by atoms with Crippen molar-refractivity contribution < 1.29 is 27.1 Å². The summed E-state index contributed by atoms with van der Waals surface area (Å²) in [5, 5.41) is 8.51. The van der Waals surface area contributed by atoms with E-state index >= 15 is 0 Å². The minimum absolute atomic E-state index is 0.0506. The third kappa shape index (κ3) is 4.50. The lowest BCUT2D eigenvalue weighted by molar-refractivity contribution is -0.137. The van der Waals surface area contributed by atoms with Crippen LogP contribution < -0.4 is 4.72 Å². The molecule has 0 saturated heterocycles. The van der Waals surface area contributed by atoms with Gasteiger partial charge >= 0.3 is 5.97 Å². The van der Waals surface area contributed by atoms with E-state index in [4.69, 9.17) is 5.11 Å². The van der Waals surface area contributed by atoms with Gasteiger partial charge in [0.1, 0.15) is 16.5 Å². The number of benzene rings is 1. The number of hydrogen-bond donors (Lipinski definition) is 2. The lowest BCUT2D eigenvalue weighted by atomic mass is 10.2. The highest BCUT2D eigenvalue weighted by Gasteiger charge is 2.25. The quantitative estimate of drug-likeness (QED) is 0.803. The largest absolute Gasteiger partial charge is 0.481 e. The fraction of sp³-hybridized carbons (Fsp3) is 0.364. The van der Waals surface area contributed by atoms with Gasteiger partial charge in [-0.05, 0) is 35.3 Å². The molecule has 0 radical (unpaired) electrons. The van der Waals surface area contributed by atoms with E-state index in [0.717, 1.165) is 6.07 Å². The van der Waals surface area contributed by atoms with E-state index in [1.807, 2.05) is 0 Å². The molecule has 0 amide bonds. The Hall–Kier alpha value is -1.06. The Morgan fingerprint density at radius 1 is 1.45 bits per heavy atom. The Labute approximate surface area is 123 Å². The Balaban J connectivity index is 2.97. The first-order valence-electron chi connectivity index (χ1n) is 5.52. The van der Waals surface area contributed by atoms with Crippen LogP contribution in [0, 0.1) is 11.6 Å². The molecule has 0 heterocycles. The van der Waals surface area contributed by atoms with E-state index in [0.29, 0.717) is 6.07 Å². The van der Waals surface area contributed by atoms with Crippen molar-refractivity contribution >= 4 is 31.9 Å². The highest BCUT2D eigenvalue weighted by Crippen LogP contribution is 2.26. The maximum Gasteiger partial charge on any atom is 0.303 e. The molecule has 1 unspecified atom stereocenters. The number of carbonyl (C=O) groups is 1. The minimum atomic E-state index is -4.22. The van der Waals surface area contributed by atoms with E-state index in [9.17, 15) is 22.0 Å². The summed E-state index contributed by atoms with van der Waals surface area (Å²) in [7, 11) is -4.22. The SMILES string of the molecule is CC(CCC(=O)O)NS(=O)(=O)c1c(F)cc(F)cc1Br. The fourth-order valence-corrected chi connectivity index (χ4v) is 3.95. The monoisotopic (exact) mass is 371 g/mol. The molecule has 0 aliphatic carbocycles. The van der Waals surface area contributed by atoms with E-state index in [1.165, 1.54) is 6.92 Å². The zero-order valence-electron chi connectivity index (χ0n) is 10.4. The molecule has 112 valence electrons. The standard InChI is InChI=1S/C11H12BrF2NO4S/c1-6(2-3-10(16)17)15-20(18,19)11-8(12)4-7(13)5-9(11)14/h4-6,15H,2-3H2,1H3,(H,16,17). The predicted octanol–water partition coefficient (Wildman–Crippen LogP) is 2.26. The van der Waals surface area contributed by atoms with E-state index in [1.54, 1.807) is 0 Å². The van der Waals surface area contributed by atoms with Gasteiger partial charge < -0.3 is 5.11 Å². The molecule has 1 rings (SSSR count). The second kappa shape index (κ2) is 6.59. The van der Waals surface area contributed by atoms with Crippen molar-refractivity contribution in [2.45, 2.75) is 30.7 Å². The summed E-state index contributed by atoms with van der Waals surface area (Å²) in [6.45, 7) is 1.45. The molecule has 0 aliphatic rings. The third-order valence-electron chi connectivity index (χ3n) is 2.38. The van der Waals surface area contributed by atoms with Gasteiger partial charge in [-0.3, -0.25) is 4.79 Å². The summed E-state index contributed by atoms with van der Waals surface area (Å²) >= 11 is 2.79. The van der Waals surface area contributed by atoms with Crippen molar-refractivity contribution in [3.05, 3.63) is 28.2 Å². The molecule has 0 saturated carbocycles. The molecule has 5 nitrogen and oxygen atoms in total. The second-order valence-corrected chi connectivity index (χ2v) is 6.66. The number of aliphatic carboxylic acids is 1. The molecule has 0 spiro atoms. The van der Waals surface area contributed by atoms with E-state index < -0.39 is 38.6 Å². The highest BCUT2D eigenvalue weighted by molar-refractivity contribution is 9.10. The molecule has 1 aromatic carbocycles. The maximum absolute atomic E-state index is 13.6. The van der Waals surface area contributed by atoms with Gasteiger partial charge in [-0.2, -0.15) is 0 Å². The van der Waals surface area contributed by atoms with Crippen LogP contribution >= 0.6 is 15.9 Å². The van der Waals surface area contributed by atoms with Crippen molar-refractivity contribution in [1.82, 2.24) is 4.72 Å². The Morgan fingerprint density at radius 3 is 2.55 bits per heavy atom. The number of nitrogens with one attached hydrogen (secondary N) is 1. The Morgan fingerprint density at radius 2 is 2.05 bits per heavy atom. The zero-order chi connectivity index (χ0) is 15.5. The van der Waals surface area contributed by atoms with Crippen molar-refractivity contribution in [3.63, 3.8) is 0 Å². The molecule has 1 aromatic rings.